The van der Waals surface area contributed by atoms with Crippen LogP contribution in [0.5, 0.6) is 0 Å². The maximum absolute atomic E-state index is 13.4. The number of carbonyl (C=O) groups is 3. The van der Waals surface area contributed by atoms with Crippen molar-refractivity contribution in [3.8, 4) is 0 Å². The molecule has 178 valence electrons. The van der Waals surface area contributed by atoms with Gasteiger partial charge in [-0.1, -0.05) is 61.9 Å². The van der Waals surface area contributed by atoms with Crippen LogP contribution in [0.25, 0.3) is 10.9 Å². The van der Waals surface area contributed by atoms with E-state index in [2.05, 4.69) is 6.92 Å². The highest BCUT2D eigenvalue weighted by Crippen LogP contribution is 2.23. The summed E-state index contributed by atoms with van der Waals surface area (Å²) in [7, 11) is 0. The minimum atomic E-state index is -0.541. The first-order valence-corrected chi connectivity index (χ1v) is 11.9. The molecule has 1 aliphatic rings. The average Bonchev–Trinajstić information content (AvgIpc) is 3.25. The highest BCUT2D eigenvalue weighted by molar-refractivity contribution is 6.44. The lowest BCUT2D eigenvalue weighted by molar-refractivity contribution is -0.135. The van der Waals surface area contributed by atoms with Crippen molar-refractivity contribution in [2.24, 2.45) is 0 Å². The number of benzene rings is 2. The molecule has 0 spiro atoms. The van der Waals surface area contributed by atoms with Crippen molar-refractivity contribution in [2.45, 2.75) is 32.9 Å². The van der Waals surface area contributed by atoms with Gasteiger partial charge in [0, 0.05) is 43.3 Å². The topological polar surface area (TPSA) is 71.9 Å². The van der Waals surface area contributed by atoms with Crippen molar-refractivity contribution in [2.75, 3.05) is 32.8 Å². The van der Waals surface area contributed by atoms with Crippen LogP contribution in [-0.2, 0) is 27.4 Å². The smallest absolute Gasteiger partial charge is 0.295 e. The molecular formula is C27H31N3O4. The minimum Gasteiger partial charge on any atom is -0.378 e. The molecule has 1 fully saturated rings. The normalized spacial score (nSPS) is 13.7. The summed E-state index contributed by atoms with van der Waals surface area (Å²) in [5.74, 6) is -1.08. The molecule has 7 heteroatoms. The summed E-state index contributed by atoms with van der Waals surface area (Å²) in [6.07, 6.45) is 3.40. The van der Waals surface area contributed by atoms with Crippen molar-refractivity contribution < 1.29 is 19.1 Å². The van der Waals surface area contributed by atoms with E-state index < -0.39 is 11.7 Å². The van der Waals surface area contributed by atoms with Crippen LogP contribution in [0.4, 0.5) is 0 Å². The van der Waals surface area contributed by atoms with E-state index in [1.807, 2.05) is 54.6 Å². The van der Waals surface area contributed by atoms with Gasteiger partial charge in [0.25, 0.3) is 11.7 Å². The quantitative estimate of drug-likeness (QED) is 0.361. The number of unbranched alkanes of at least 4 members (excludes halogenated alkanes) is 1. The van der Waals surface area contributed by atoms with Crippen molar-refractivity contribution >= 4 is 28.5 Å². The molecule has 0 unspecified atom stereocenters. The fourth-order valence-electron chi connectivity index (χ4n) is 4.28. The standard InChI is InChI=1S/C27H31N3O4/c1-2-3-13-29(18-21-9-5-4-6-10-21)27(33)26(32)23-19-30(24-12-8-7-11-22(23)24)20-25(31)28-14-16-34-17-15-28/h4-12,19H,2-3,13-18,20H2,1H3. The Bertz CT molecular complexity index is 1150. The number of amides is 2. The summed E-state index contributed by atoms with van der Waals surface area (Å²) in [6, 6.07) is 17.1. The Balaban J connectivity index is 1.59. The molecule has 7 nitrogen and oxygen atoms in total. The second kappa shape index (κ2) is 11.1. The van der Waals surface area contributed by atoms with Crippen molar-refractivity contribution in [3.05, 3.63) is 71.9 Å². The summed E-state index contributed by atoms with van der Waals surface area (Å²) in [5.41, 5.74) is 2.09. The number of rotatable bonds is 9. The van der Waals surface area contributed by atoms with Crippen LogP contribution in [0.15, 0.2) is 60.8 Å². The van der Waals surface area contributed by atoms with Gasteiger partial charge in [-0.05, 0) is 18.1 Å². The summed E-state index contributed by atoms with van der Waals surface area (Å²) in [6.45, 7) is 5.28. The van der Waals surface area contributed by atoms with E-state index in [1.165, 1.54) is 0 Å². The molecule has 0 bridgehead atoms. The second-order valence-corrected chi connectivity index (χ2v) is 8.58. The monoisotopic (exact) mass is 461 g/mol. The lowest BCUT2D eigenvalue weighted by Crippen LogP contribution is -2.42. The van der Waals surface area contributed by atoms with Crippen LogP contribution < -0.4 is 0 Å². The van der Waals surface area contributed by atoms with Gasteiger partial charge in [-0.3, -0.25) is 14.4 Å². The number of morpholine rings is 1. The zero-order valence-electron chi connectivity index (χ0n) is 19.6. The number of hydrogen-bond acceptors (Lipinski definition) is 4. The number of ketones is 1. The fraction of sp³-hybridized carbons (Fsp3) is 0.370. The van der Waals surface area contributed by atoms with Crippen molar-refractivity contribution in [3.63, 3.8) is 0 Å². The van der Waals surface area contributed by atoms with Crippen LogP contribution in [0.1, 0.15) is 35.7 Å². The van der Waals surface area contributed by atoms with Crippen LogP contribution in [-0.4, -0.2) is 64.8 Å². The molecule has 0 saturated carbocycles. The summed E-state index contributed by atoms with van der Waals surface area (Å²) in [4.78, 5) is 43.0. The van der Waals surface area contributed by atoms with E-state index in [0.717, 1.165) is 23.9 Å². The molecule has 1 aliphatic heterocycles. The van der Waals surface area contributed by atoms with Crippen LogP contribution >= 0.6 is 0 Å². The van der Waals surface area contributed by atoms with Crippen LogP contribution in [0.2, 0.25) is 0 Å². The lowest BCUT2D eigenvalue weighted by Gasteiger charge is -2.27. The highest BCUT2D eigenvalue weighted by Gasteiger charge is 2.27. The highest BCUT2D eigenvalue weighted by atomic mass is 16.5. The molecule has 0 radical (unpaired) electrons. The number of fused-ring (bicyclic) bond motifs is 1. The van der Waals surface area contributed by atoms with Crippen LogP contribution in [0.3, 0.4) is 0 Å². The number of aromatic nitrogens is 1. The Labute approximate surface area is 199 Å². The fourth-order valence-corrected chi connectivity index (χ4v) is 4.28. The maximum Gasteiger partial charge on any atom is 0.295 e. The lowest BCUT2D eigenvalue weighted by atomic mass is 10.1. The van der Waals surface area contributed by atoms with Gasteiger partial charge in [0.2, 0.25) is 5.91 Å². The number of hydrogen-bond donors (Lipinski definition) is 0. The molecule has 0 aliphatic carbocycles. The van der Waals surface area contributed by atoms with Gasteiger partial charge < -0.3 is 19.1 Å². The Morgan fingerprint density at radius 1 is 0.971 bits per heavy atom. The van der Waals surface area contributed by atoms with Crippen molar-refractivity contribution in [1.82, 2.24) is 14.4 Å². The van der Waals surface area contributed by atoms with E-state index in [-0.39, 0.29) is 12.5 Å². The molecule has 34 heavy (non-hydrogen) atoms. The molecule has 1 saturated heterocycles. The molecular weight excluding hydrogens is 430 g/mol. The number of Topliss-reactive ketones (excluding diaryl/α,β-unsaturated/α-hetero) is 1. The van der Waals surface area contributed by atoms with Gasteiger partial charge in [-0.25, -0.2) is 0 Å². The predicted molar refractivity (Wildman–Crippen MR) is 130 cm³/mol. The Hall–Kier alpha value is -3.45. The Morgan fingerprint density at radius 3 is 2.41 bits per heavy atom. The van der Waals surface area contributed by atoms with Crippen LogP contribution in [0, 0.1) is 0 Å². The molecule has 0 atom stereocenters. The van der Waals surface area contributed by atoms with Crippen molar-refractivity contribution in [1.29, 1.82) is 0 Å². The summed E-state index contributed by atoms with van der Waals surface area (Å²) < 4.78 is 7.12. The first kappa shape index (κ1) is 23.7. The molecule has 2 aromatic carbocycles. The van der Waals surface area contributed by atoms with E-state index in [4.69, 9.17) is 4.74 Å². The SMILES string of the molecule is CCCCN(Cc1ccccc1)C(=O)C(=O)c1cn(CC(=O)N2CCOCC2)c2ccccc12. The van der Waals surface area contributed by atoms with Gasteiger partial charge in [0.15, 0.2) is 0 Å². The van der Waals surface area contributed by atoms with E-state index in [1.54, 1.807) is 20.6 Å². The van der Waals surface area contributed by atoms with Gasteiger partial charge in [0.1, 0.15) is 6.54 Å². The second-order valence-electron chi connectivity index (χ2n) is 8.58. The first-order valence-electron chi connectivity index (χ1n) is 11.9. The molecule has 2 amide bonds. The van der Waals surface area contributed by atoms with E-state index in [9.17, 15) is 14.4 Å². The number of ether oxygens (including phenoxy) is 1. The third-order valence-electron chi connectivity index (χ3n) is 6.18. The molecule has 2 heterocycles. The number of nitrogens with zero attached hydrogens (tertiary/aromatic N) is 3. The zero-order chi connectivity index (χ0) is 23.9. The maximum atomic E-state index is 13.4. The van der Waals surface area contributed by atoms with Gasteiger partial charge in [0.05, 0.1) is 18.8 Å². The zero-order valence-corrected chi connectivity index (χ0v) is 19.6. The Kier molecular flexibility index (Phi) is 7.75. The van der Waals surface area contributed by atoms with Gasteiger partial charge in [-0.2, -0.15) is 0 Å². The first-order chi connectivity index (χ1) is 16.6. The number of carbonyl (C=O) groups excluding carboxylic acids is 3. The predicted octanol–water partition coefficient (Wildman–Crippen LogP) is 3.51. The minimum absolute atomic E-state index is 0.0250. The molecule has 1 aromatic heterocycles. The summed E-state index contributed by atoms with van der Waals surface area (Å²) >= 11 is 0. The Morgan fingerprint density at radius 2 is 1.68 bits per heavy atom. The van der Waals surface area contributed by atoms with Gasteiger partial charge >= 0.3 is 0 Å². The number of para-hydroxylation sites is 1. The molecule has 3 aromatic rings. The molecule has 0 N–H and O–H groups in total. The average molecular weight is 462 g/mol. The van der Waals surface area contributed by atoms with E-state index in [0.29, 0.717) is 50.3 Å². The largest absolute Gasteiger partial charge is 0.378 e. The van der Waals surface area contributed by atoms with E-state index >= 15 is 0 Å². The molecule has 4 rings (SSSR count). The third-order valence-corrected chi connectivity index (χ3v) is 6.18. The summed E-state index contributed by atoms with van der Waals surface area (Å²) in [5, 5.41) is 0.686. The third kappa shape index (κ3) is 5.37. The van der Waals surface area contributed by atoms with Gasteiger partial charge in [-0.15, -0.1) is 0 Å².